The average molecular weight is 839 g/mol. The smallest absolute Gasteiger partial charge is 0.335 e. The molecule has 3 aliphatic carbocycles. The van der Waals surface area contributed by atoms with E-state index in [-0.39, 0.29) is 46.2 Å². The molecule has 0 spiro atoms. The van der Waals surface area contributed by atoms with Gasteiger partial charge in [-0.1, -0.05) is 121 Å². The van der Waals surface area contributed by atoms with Gasteiger partial charge in [0.25, 0.3) is 5.69 Å². The fraction of sp³-hybridized carbons (Fsp3) is 0.633. The molecule has 61 heavy (non-hydrogen) atoms. The van der Waals surface area contributed by atoms with Crippen molar-refractivity contribution in [3.8, 4) is 0 Å². The number of fused-ring (bicyclic) bond motifs is 3. The summed E-state index contributed by atoms with van der Waals surface area (Å²) >= 11 is 0. The van der Waals surface area contributed by atoms with E-state index < -0.39 is 22.6 Å². The van der Waals surface area contributed by atoms with Gasteiger partial charge in [-0.05, 0) is 93.9 Å². The molecule has 3 aliphatic rings. The molecule has 0 aliphatic heterocycles. The number of unbranched alkanes of at least 4 members (excludes halogenated alkanes) is 1. The van der Waals surface area contributed by atoms with E-state index in [4.69, 9.17) is 9.68 Å². The van der Waals surface area contributed by atoms with Crippen LogP contribution in [0, 0.1) is 33.8 Å². The molecule has 0 saturated heterocycles. The lowest BCUT2D eigenvalue weighted by Crippen LogP contribution is -2.23. The van der Waals surface area contributed by atoms with Crippen LogP contribution in [0.1, 0.15) is 189 Å². The number of Topliss-reactive ketones (excluding diaryl/α,β-unsaturated/α-hetero) is 2. The van der Waals surface area contributed by atoms with E-state index in [1.54, 1.807) is 12.1 Å². The molecule has 0 amide bonds. The zero-order valence-electron chi connectivity index (χ0n) is 36.9. The van der Waals surface area contributed by atoms with E-state index in [1.807, 2.05) is 24.5 Å². The Morgan fingerprint density at radius 3 is 1.79 bits per heavy atom. The van der Waals surface area contributed by atoms with Gasteiger partial charge >= 0.3 is 11.9 Å². The Morgan fingerprint density at radius 2 is 1.25 bits per heavy atom. The van der Waals surface area contributed by atoms with Crippen molar-refractivity contribution in [1.82, 2.24) is 4.57 Å². The van der Waals surface area contributed by atoms with Crippen LogP contribution in [0.4, 0.5) is 5.69 Å². The zero-order valence-corrected chi connectivity index (χ0v) is 36.9. The Kier molecular flexibility index (Phi) is 16.4. The minimum Gasteiger partial charge on any atom is -0.335 e. The van der Waals surface area contributed by atoms with Crippen molar-refractivity contribution in [2.45, 2.75) is 175 Å². The highest BCUT2D eigenvalue weighted by Gasteiger charge is 2.31. The Bertz CT molecular complexity index is 2130. The maximum absolute atomic E-state index is 14.6. The second-order valence-electron chi connectivity index (χ2n) is 18.2. The monoisotopic (exact) mass is 838 g/mol. The molecule has 0 atom stereocenters. The van der Waals surface area contributed by atoms with Crippen LogP contribution >= 0.6 is 0 Å². The first-order valence-corrected chi connectivity index (χ1v) is 23.4. The van der Waals surface area contributed by atoms with Crippen molar-refractivity contribution in [3.05, 3.63) is 51.1 Å². The Hall–Kier alpha value is -4.74. The van der Waals surface area contributed by atoms with Gasteiger partial charge in [-0.3, -0.25) is 19.7 Å². The quantitative estimate of drug-likeness (QED) is 0.0288. The number of aromatic nitrogens is 1. The van der Waals surface area contributed by atoms with Crippen molar-refractivity contribution in [2.24, 2.45) is 34.0 Å². The lowest BCUT2D eigenvalue weighted by atomic mass is 9.84. The molecule has 3 aromatic rings. The molecule has 0 N–H and O–H groups in total. The van der Waals surface area contributed by atoms with Gasteiger partial charge in [-0.2, -0.15) is 0 Å². The number of nitro groups is 1. The summed E-state index contributed by atoms with van der Waals surface area (Å²) in [6.07, 6.45) is 18.7. The van der Waals surface area contributed by atoms with E-state index in [9.17, 15) is 29.3 Å². The van der Waals surface area contributed by atoms with Crippen LogP contribution in [0.25, 0.3) is 21.8 Å². The Labute approximate surface area is 360 Å². The predicted molar refractivity (Wildman–Crippen MR) is 239 cm³/mol. The molecule has 0 bridgehead atoms. The van der Waals surface area contributed by atoms with E-state index in [1.165, 1.54) is 6.07 Å². The maximum atomic E-state index is 14.6. The molecule has 12 heteroatoms. The van der Waals surface area contributed by atoms with Crippen LogP contribution in [0.5, 0.6) is 0 Å². The fourth-order valence-corrected chi connectivity index (χ4v) is 9.85. The predicted octanol–water partition coefficient (Wildman–Crippen LogP) is 12.2. The first kappa shape index (κ1) is 45.8. The van der Waals surface area contributed by atoms with Crippen LogP contribution in [-0.4, -0.2) is 44.4 Å². The highest BCUT2D eigenvalue weighted by atomic mass is 16.7. The first-order valence-electron chi connectivity index (χ1n) is 23.4. The molecular weight excluding hydrogens is 773 g/mol. The molecule has 3 saturated carbocycles. The van der Waals surface area contributed by atoms with Gasteiger partial charge in [-0.15, -0.1) is 0 Å². The average Bonchev–Trinajstić information content (AvgIpc) is 3.61. The molecule has 1 heterocycles. The Balaban J connectivity index is 1.47. The molecule has 1 aromatic heterocycles. The number of non-ortho nitro benzene ring substituents is 1. The largest absolute Gasteiger partial charge is 0.338 e. The summed E-state index contributed by atoms with van der Waals surface area (Å²) in [5.74, 6) is -1.51. The number of benzene rings is 2. The summed E-state index contributed by atoms with van der Waals surface area (Å²) in [6.45, 7) is 8.65. The molecule has 12 nitrogen and oxygen atoms in total. The summed E-state index contributed by atoms with van der Waals surface area (Å²) in [5.41, 5.74) is 2.45. The summed E-state index contributed by atoms with van der Waals surface area (Å²) in [7, 11) is 0. The van der Waals surface area contributed by atoms with Crippen molar-refractivity contribution in [1.29, 1.82) is 0 Å². The standard InChI is InChI=1S/C49H66N4O8/c1-5-18-41(50-60-48(56)34-22-12-8-13-23-34)46(54)37-28-36(26-17-16-19-32(3)4)44-39(29-37)40-30-38(31-43(53(58)59)45(40)52(44)6-2)47(55)42(27-33-20-10-7-11-21-33)51-61-49(57)35-24-14-9-15-25-35/h28-35H,5-27H2,1-4H3/b50-41+,51-42+. The highest BCUT2D eigenvalue weighted by Crippen LogP contribution is 2.40. The summed E-state index contributed by atoms with van der Waals surface area (Å²) in [6, 6.07) is 6.63. The van der Waals surface area contributed by atoms with Crippen molar-refractivity contribution < 1.29 is 33.8 Å². The number of rotatable bonds is 19. The Morgan fingerprint density at radius 1 is 0.721 bits per heavy atom. The van der Waals surface area contributed by atoms with Crippen LogP contribution in [0.2, 0.25) is 0 Å². The van der Waals surface area contributed by atoms with Crippen LogP contribution < -0.4 is 0 Å². The minimum absolute atomic E-state index is 0.0794. The SMILES string of the molecule is CCC/C(=N\OC(=O)C1CCCCC1)C(=O)c1cc(CCCCC(C)C)c2c(c1)c1cc(C(=O)/C(CC3CCCCC3)=N/OC(=O)C3CCCCC3)cc([N+](=O)[O-])c1n2CC. The van der Waals surface area contributed by atoms with E-state index in [2.05, 4.69) is 24.2 Å². The van der Waals surface area contributed by atoms with Crippen molar-refractivity contribution >= 4 is 62.4 Å². The van der Waals surface area contributed by atoms with Crippen molar-refractivity contribution in [3.63, 3.8) is 0 Å². The number of oxime groups is 2. The zero-order chi connectivity index (χ0) is 43.5. The van der Waals surface area contributed by atoms with Gasteiger partial charge in [0.2, 0.25) is 11.6 Å². The number of aryl methyl sites for hydroxylation is 2. The van der Waals surface area contributed by atoms with Crippen LogP contribution in [0.3, 0.4) is 0 Å². The number of nitrogens with zero attached hydrogens (tertiary/aromatic N) is 4. The number of ketones is 2. The number of nitro benzene ring substituents is 1. The summed E-state index contributed by atoms with van der Waals surface area (Å²) in [5, 5.41) is 22.5. The maximum Gasteiger partial charge on any atom is 0.338 e. The molecule has 6 rings (SSSR count). The molecule has 3 fully saturated rings. The number of carbonyl (C=O) groups excluding carboxylic acids is 4. The minimum atomic E-state index is -0.511. The lowest BCUT2D eigenvalue weighted by Gasteiger charge is -2.22. The molecule has 0 radical (unpaired) electrons. The van der Waals surface area contributed by atoms with E-state index in [0.29, 0.717) is 60.0 Å². The number of carbonyl (C=O) groups is 4. The fourth-order valence-electron chi connectivity index (χ4n) is 9.85. The van der Waals surface area contributed by atoms with Crippen LogP contribution in [-0.2, 0) is 32.2 Å². The summed E-state index contributed by atoms with van der Waals surface area (Å²) in [4.78, 5) is 78.8. The van der Waals surface area contributed by atoms with Gasteiger partial charge in [-0.25, -0.2) is 9.59 Å². The number of hydrogen-bond acceptors (Lipinski definition) is 10. The van der Waals surface area contributed by atoms with E-state index >= 15 is 0 Å². The van der Waals surface area contributed by atoms with Gasteiger partial charge < -0.3 is 14.2 Å². The first-order chi connectivity index (χ1) is 29.5. The van der Waals surface area contributed by atoms with Gasteiger partial charge in [0, 0.05) is 34.5 Å². The van der Waals surface area contributed by atoms with Gasteiger partial charge in [0.1, 0.15) is 16.9 Å². The number of hydrogen-bond donors (Lipinski definition) is 0. The van der Waals surface area contributed by atoms with Gasteiger partial charge in [0.05, 0.1) is 22.3 Å². The third-order valence-corrected chi connectivity index (χ3v) is 13.2. The third kappa shape index (κ3) is 11.4. The summed E-state index contributed by atoms with van der Waals surface area (Å²) < 4.78 is 1.93. The molecule has 2 aromatic carbocycles. The molecule has 0 unspecified atom stereocenters. The van der Waals surface area contributed by atoms with Crippen LogP contribution in [0.15, 0.2) is 34.6 Å². The normalized spacial score (nSPS) is 17.6. The molecular formula is C49H66N4O8. The second-order valence-corrected chi connectivity index (χ2v) is 18.2. The third-order valence-electron chi connectivity index (χ3n) is 13.2. The topological polar surface area (TPSA) is 160 Å². The highest BCUT2D eigenvalue weighted by molar-refractivity contribution is 6.47. The van der Waals surface area contributed by atoms with Gasteiger partial charge in [0.15, 0.2) is 0 Å². The van der Waals surface area contributed by atoms with Crippen molar-refractivity contribution in [2.75, 3.05) is 0 Å². The van der Waals surface area contributed by atoms with E-state index in [0.717, 1.165) is 127 Å². The lowest BCUT2D eigenvalue weighted by molar-refractivity contribution is -0.383. The second kappa shape index (κ2) is 21.9. The molecule has 330 valence electrons.